The van der Waals surface area contributed by atoms with Crippen LogP contribution in [-0.4, -0.2) is 25.3 Å². The molecule has 0 aliphatic carbocycles. The molecule has 116 valence electrons. The van der Waals surface area contributed by atoms with Crippen LogP contribution in [-0.2, 0) is 13.6 Å². The molecular weight excluding hydrogens is 291 g/mol. The summed E-state index contributed by atoms with van der Waals surface area (Å²) in [6.45, 7) is 4.07. The molecule has 6 nitrogen and oxygen atoms in total. The number of aromatic amines is 1. The summed E-state index contributed by atoms with van der Waals surface area (Å²) in [7, 11) is -1.81. The second-order valence-electron chi connectivity index (χ2n) is 4.48. The molecule has 7 heteroatoms. The van der Waals surface area contributed by atoms with E-state index >= 15 is 0 Å². The van der Waals surface area contributed by atoms with E-state index in [1.54, 1.807) is 27.2 Å². The molecule has 0 amide bonds. The molecule has 1 aromatic carbocycles. The fourth-order valence-corrected chi connectivity index (χ4v) is 3.89. The van der Waals surface area contributed by atoms with Crippen LogP contribution in [0.5, 0.6) is 5.75 Å². The van der Waals surface area contributed by atoms with Gasteiger partial charge in [0.05, 0.1) is 20.3 Å². The second-order valence-corrected chi connectivity index (χ2v) is 6.63. The van der Waals surface area contributed by atoms with Gasteiger partial charge in [-0.15, -0.1) is 0 Å². The van der Waals surface area contributed by atoms with Crippen LogP contribution in [0.15, 0.2) is 24.4 Å². The van der Waals surface area contributed by atoms with Gasteiger partial charge < -0.3 is 24.5 Å². The number of hydrogen-bond acceptors (Lipinski definition) is 5. The van der Waals surface area contributed by atoms with E-state index in [0.29, 0.717) is 11.3 Å². The molecule has 0 radical (unpaired) electrons. The Morgan fingerprint density at radius 2 is 1.95 bits per heavy atom. The molecule has 2 aromatic rings. The average Bonchev–Trinajstić information content (AvgIpc) is 2.89. The third kappa shape index (κ3) is 3.14. The van der Waals surface area contributed by atoms with Gasteiger partial charge in [-0.3, -0.25) is 4.57 Å². The van der Waals surface area contributed by atoms with E-state index in [1.165, 1.54) is 0 Å². The van der Waals surface area contributed by atoms with Crippen molar-refractivity contribution in [2.75, 3.05) is 20.3 Å². The van der Waals surface area contributed by atoms with Crippen LogP contribution in [0.4, 0.5) is 0 Å². The molecule has 0 saturated heterocycles. The van der Waals surface area contributed by atoms with Crippen LogP contribution in [0.25, 0.3) is 10.9 Å². The molecule has 3 N–H and O–H groups in total. The predicted molar refractivity (Wildman–Crippen MR) is 82.6 cm³/mol. The van der Waals surface area contributed by atoms with E-state index < -0.39 is 13.4 Å². The Labute approximate surface area is 124 Å². The number of hydrogen-bond donors (Lipinski definition) is 2. The predicted octanol–water partition coefficient (Wildman–Crippen LogP) is 3.40. The lowest BCUT2D eigenvalue weighted by Crippen LogP contribution is -2.14. The first-order valence-corrected chi connectivity index (χ1v) is 8.46. The minimum absolute atomic E-state index is 0.274. The van der Waals surface area contributed by atoms with Crippen molar-refractivity contribution in [1.29, 1.82) is 0 Å². The first-order valence-electron chi connectivity index (χ1n) is 6.85. The van der Waals surface area contributed by atoms with Gasteiger partial charge in [-0.05, 0) is 32.0 Å². The van der Waals surface area contributed by atoms with Gasteiger partial charge in [0.15, 0.2) is 0 Å². The Morgan fingerprint density at radius 1 is 1.29 bits per heavy atom. The second kappa shape index (κ2) is 6.62. The summed E-state index contributed by atoms with van der Waals surface area (Å²) >= 11 is 0. The minimum Gasteiger partial charge on any atom is -0.497 e. The van der Waals surface area contributed by atoms with Crippen molar-refractivity contribution in [2.45, 2.75) is 19.6 Å². The van der Waals surface area contributed by atoms with Crippen LogP contribution < -0.4 is 10.5 Å². The lowest BCUT2D eigenvalue weighted by Gasteiger charge is -2.23. The molecule has 21 heavy (non-hydrogen) atoms. The standard InChI is InChI=1S/C14H21N2O4P/c1-4-19-21(17,20-5-2)14(15)12-9-16-13-7-6-10(18-3)8-11(12)13/h6-9,14,16H,4-5,15H2,1-3H3/t14-/m1/s1. The van der Waals surface area contributed by atoms with Gasteiger partial charge in [-0.25, -0.2) is 0 Å². The maximum absolute atomic E-state index is 12.8. The van der Waals surface area contributed by atoms with Crippen LogP contribution in [0.2, 0.25) is 0 Å². The van der Waals surface area contributed by atoms with Crippen LogP contribution in [0.1, 0.15) is 25.2 Å². The molecule has 0 saturated carbocycles. The average molecular weight is 312 g/mol. The normalized spacial score (nSPS) is 13.5. The van der Waals surface area contributed by atoms with E-state index in [4.69, 9.17) is 19.5 Å². The highest BCUT2D eigenvalue weighted by Gasteiger charge is 2.35. The van der Waals surface area contributed by atoms with Gasteiger partial charge in [0, 0.05) is 22.7 Å². The van der Waals surface area contributed by atoms with Gasteiger partial charge in [0.25, 0.3) is 0 Å². The Hall–Kier alpha value is -1.33. The lowest BCUT2D eigenvalue weighted by molar-refractivity contribution is 0.212. The zero-order valence-corrected chi connectivity index (χ0v) is 13.4. The highest BCUT2D eigenvalue weighted by molar-refractivity contribution is 7.54. The first-order chi connectivity index (χ1) is 10.1. The number of H-pyrrole nitrogens is 1. The topological polar surface area (TPSA) is 86.6 Å². The monoisotopic (exact) mass is 312 g/mol. The van der Waals surface area contributed by atoms with E-state index in [9.17, 15) is 4.57 Å². The molecule has 0 fully saturated rings. The van der Waals surface area contributed by atoms with E-state index in [1.807, 2.05) is 18.2 Å². The van der Waals surface area contributed by atoms with Crippen molar-refractivity contribution >= 4 is 18.5 Å². The smallest absolute Gasteiger partial charge is 0.351 e. The summed E-state index contributed by atoms with van der Waals surface area (Å²) in [5.41, 5.74) is 7.75. The zero-order valence-electron chi connectivity index (χ0n) is 12.5. The molecule has 2 rings (SSSR count). The molecule has 1 heterocycles. The van der Waals surface area contributed by atoms with E-state index in [2.05, 4.69) is 4.98 Å². The highest BCUT2D eigenvalue weighted by Crippen LogP contribution is 2.59. The van der Waals surface area contributed by atoms with Gasteiger partial charge in [0.2, 0.25) is 0 Å². The minimum atomic E-state index is -3.41. The van der Waals surface area contributed by atoms with Crippen molar-refractivity contribution in [3.63, 3.8) is 0 Å². The Morgan fingerprint density at radius 3 is 2.52 bits per heavy atom. The largest absolute Gasteiger partial charge is 0.497 e. The van der Waals surface area contributed by atoms with Crippen molar-refractivity contribution in [3.8, 4) is 5.75 Å². The summed E-state index contributed by atoms with van der Waals surface area (Å²) in [5, 5.41) is 0.849. The number of rotatable bonds is 7. The number of aromatic nitrogens is 1. The molecule has 0 aliphatic rings. The van der Waals surface area contributed by atoms with Gasteiger partial charge >= 0.3 is 7.60 Å². The van der Waals surface area contributed by atoms with E-state index in [0.717, 1.165) is 10.9 Å². The molecular formula is C14H21N2O4P. The molecule has 0 aliphatic heterocycles. The number of benzene rings is 1. The molecule has 1 aromatic heterocycles. The molecule has 1 atom stereocenters. The SMILES string of the molecule is CCOP(=O)(OCC)[C@@H](N)c1c[nH]c2ccc(OC)cc12. The van der Waals surface area contributed by atoms with Crippen LogP contribution in [0.3, 0.4) is 0 Å². The summed E-state index contributed by atoms with van der Waals surface area (Å²) < 4.78 is 28.7. The van der Waals surface area contributed by atoms with Crippen LogP contribution >= 0.6 is 7.60 Å². The van der Waals surface area contributed by atoms with Gasteiger partial charge in [-0.2, -0.15) is 0 Å². The Balaban J connectivity index is 2.46. The molecule has 0 spiro atoms. The molecule has 0 unspecified atom stereocenters. The zero-order chi connectivity index (χ0) is 15.5. The van der Waals surface area contributed by atoms with Gasteiger partial charge in [0.1, 0.15) is 11.5 Å². The van der Waals surface area contributed by atoms with E-state index in [-0.39, 0.29) is 13.2 Å². The highest BCUT2D eigenvalue weighted by atomic mass is 31.2. The quantitative estimate of drug-likeness (QED) is 0.765. The summed E-state index contributed by atoms with van der Waals surface area (Å²) in [5.74, 6) is -0.142. The third-order valence-electron chi connectivity index (χ3n) is 3.20. The third-order valence-corrected chi connectivity index (χ3v) is 5.39. The molecule has 0 bridgehead atoms. The maximum Gasteiger partial charge on any atom is 0.351 e. The maximum atomic E-state index is 12.8. The Bertz CT molecular complexity index is 645. The number of fused-ring (bicyclic) bond motifs is 1. The fourth-order valence-electron chi connectivity index (χ4n) is 2.22. The van der Waals surface area contributed by atoms with Crippen molar-refractivity contribution in [2.24, 2.45) is 5.73 Å². The number of methoxy groups -OCH3 is 1. The summed E-state index contributed by atoms with van der Waals surface area (Å²) in [6, 6.07) is 5.58. The fraction of sp³-hybridized carbons (Fsp3) is 0.429. The van der Waals surface area contributed by atoms with Crippen molar-refractivity contribution in [3.05, 3.63) is 30.0 Å². The summed E-state index contributed by atoms with van der Waals surface area (Å²) in [6.07, 6.45) is 1.74. The van der Waals surface area contributed by atoms with Crippen molar-refractivity contribution in [1.82, 2.24) is 4.98 Å². The number of ether oxygens (including phenoxy) is 1. The summed E-state index contributed by atoms with van der Waals surface area (Å²) in [4.78, 5) is 3.11. The number of nitrogens with one attached hydrogen (secondary N) is 1. The van der Waals surface area contributed by atoms with Gasteiger partial charge in [-0.1, -0.05) is 0 Å². The van der Waals surface area contributed by atoms with Crippen LogP contribution in [0, 0.1) is 0 Å². The van der Waals surface area contributed by atoms with Crippen molar-refractivity contribution < 1.29 is 18.3 Å². The number of nitrogens with two attached hydrogens (primary N) is 1. The Kier molecular flexibility index (Phi) is 5.06. The first kappa shape index (κ1) is 16.0. The lowest BCUT2D eigenvalue weighted by atomic mass is 10.1.